The van der Waals surface area contributed by atoms with Gasteiger partial charge in [-0.25, -0.2) is 0 Å². The molecule has 0 spiro atoms. The predicted octanol–water partition coefficient (Wildman–Crippen LogP) is 0.702. The lowest BCUT2D eigenvalue weighted by molar-refractivity contribution is -0.130. The minimum absolute atomic E-state index is 0.313. The van der Waals surface area contributed by atoms with Gasteiger partial charge in [0.1, 0.15) is 0 Å². The zero-order valence-electron chi connectivity index (χ0n) is 8.66. The highest BCUT2D eigenvalue weighted by Gasteiger charge is 2.30. The summed E-state index contributed by atoms with van der Waals surface area (Å²) in [6.07, 6.45) is 3.09. The van der Waals surface area contributed by atoms with Crippen LogP contribution in [0.3, 0.4) is 0 Å². The van der Waals surface area contributed by atoms with Crippen LogP contribution in [0.4, 0.5) is 0 Å². The van der Waals surface area contributed by atoms with Crippen LogP contribution in [-0.4, -0.2) is 48.0 Å². The van der Waals surface area contributed by atoms with Gasteiger partial charge in [-0.2, -0.15) is 11.8 Å². The molecule has 0 bridgehead atoms. The number of nitrogens with one attached hydrogen (secondary N) is 1. The van der Waals surface area contributed by atoms with Gasteiger partial charge in [0.05, 0.1) is 0 Å². The largest absolute Gasteiger partial charge is 0.343 e. The molecule has 1 amide bonds. The SMILES string of the molecule is CN(C(=O)CC1CSCCN1)C1CC1. The summed E-state index contributed by atoms with van der Waals surface area (Å²) in [5.74, 6) is 2.58. The van der Waals surface area contributed by atoms with Gasteiger partial charge in [0.2, 0.25) is 5.91 Å². The molecule has 4 heteroatoms. The first kappa shape index (κ1) is 10.3. The van der Waals surface area contributed by atoms with E-state index >= 15 is 0 Å². The van der Waals surface area contributed by atoms with E-state index in [9.17, 15) is 4.79 Å². The molecule has 1 unspecified atom stereocenters. The normalized spacial score (nSPS) is 27.4. The first-order valence-corrected chi connectivity index (χ1v) is 6.49. The Labute approximate surface area is 89.6 Å². The van der Waals surface area contributed by atoms with E-state index in [4.69, 9.17) is 0 Å². The Morgan fingerprint density at radius 2 is 2.36 bits per heavy atom. The van der Waals surface area contributed by atoms with Crippen LogP contribution in [0.25, 0.3) is 0 Å². The van der Waals surface area contributed by atoms with E-state index in [2.05, 4.69) is 5.32 Å². The van der Waals surface area contributed by atoms with Crippen molar-refractivity contribution in [1.29, 1.82) is 0 Å². The maximum Gasteiger partial charge on any atom is 0.224 e. The maximum atomic E-state index is 11.8. The van der Waals surface area contributed by atoms with E-state index in [1.165, 1.54) is 18.6 Å². The van der Waals surface area contributed by atoms with Crippen molar-refractivity contribution in [3.63, 3.8) is 0 Å². The van der Waals surface area contributed by atoms with E-state index in [1.54, 1.807) is 0 Å². The van der Waals surface area contributed by atoms with Crippen molar-refractivity contribution in [2.24, 2.45) is 0 Å². The van der Waals surface area contributed by atoms with Gasteiger partial charge in [0.25, 0.3) is 0 Å². The second kappa shape index (κ2) is 4.53. The fourth-order valence-corrected chi connectivity index (χ4v) is 2.72. The van der Waals surface area contributed by atoms with Crippen LogP contribution in [0.2, 0.25) is 0 Å². The second-order valence-corrected chi connectivity index (χ2v) is 5.32. The maximum absolute atomic E-state index is 11.8. The van der Waals surface area contributed by atoms with Crippen molar-refractivity contribution >= 4 is 17.7 Å². The molecule has 1 aliphatic carbocycles. The standard InChI is InChI=1S/C10H18N2OS/c1-12(9-2-3-9)10(13)6-8-7-14-5-4-11-8/h8-9,11H,2-7H2,1H3. The van der Waals surface area contributed by atoms with Gasteiger partial charge in [-0.15, -0.1) is 0 Å². The number of hydrogen-bond donors (Lipinski definition) is 1. The highest BCUT2D eigenvalue weighted by Crippen LogP contribution is 2.26. The van der Waals surface area contributed by atoms with Crippen LogP contribution in [-0.2, 0) is 4.79 Å². The van der Waals surface area contributed by atoms with Crippen molar-refractivity contribution in [2.75, 3.05) is 25.1 Å². The summed E-state index contributed by atoms with van der Waals surface area (Å²) in [4.78, 5) is 13.7. The monoisotopic (exact) mass is 214 g/mol. The third-order valence-electron chi connectivity index (χ3n) is 2.91. The van der Waals surface area contributed by atoms with E-state index in [1.807, 2.05) is 23.7 Å². The Balaban J connectivity index is 1.74. The molecule has 0 aromatic heterocycles. The summed E-state index contributed by atoms with van der Waals surface area (Å²) in [5, 5.41) is 3.40. The molecule has 3 nitrogen and oxygen atoms in total. The number of amides is 1. The average molecular weight is 214 g/mol. The van der Waals surface area contributed by atoms with E-state index in [0.717, 1.165) is 12.3 Å². The molecule has 2 aliphatic rings. The lowest BCUT2D eigenvalue weighted by Gasteiger charge is -2.25. The summed E-state index contributed by atoms with van der Waals surface area (Å²) in [6.45, 7) is 1.05. The summed E-state index contributed by atoms with van der Waals surface area (Å²) >= 11 is 1.95. The topological polar surface area (TPSA) is 32.3 Å². The van der Waals surface area contributed by atoms with Crippen molar-refractivity contribution in [3.05, 3.63) is 0 Å². The molecule has 1 saturated carbocycles. The molecule has 0 aromatic rings. The third kappa shape index (κ3) is 2.64. The summed E-state index contributed by atoms with van der Waals surface area (Å²) < 4.78 is 0. The lowest BCUT2D eigenvalue weighted by atomic mass is 10.2. The van der Waals surface area contributed by atoms with Gasteiger partial charge < -0.3 is 10.2 Å². The zero-order chi connectivity index (χ0) is 9.97. The molecule has 80 valence electrons. The van der Waals surface area contributed by atoms with Crippen LogP contribution in [0, 0.1) is 0 Å². The van der Waals surface area contributed by atoms with Crippen LogP contribution in [0.1, 0.15) is 19.3 Å². The molecular weight excluding hydrogens is 196 g/mol. The predicted molar refractivity (Wildman–Crippen MR) is 59.5 cm³/mol. The van der Waals surface area contributed by atoms with Crippen molar-refractivity contribution in [2.45, 2.75) is 31.3 Å². The minimum Gasteiger partial charge on any atom is -0.343 e. The van der Waals surface area contributed by atoms with Crippen molar-refractivity contribution in [1.82, 2.24) is 10.2 Å². The molecule has 2 rings (SSSR count). The van der Waals surface area contributed by atoms with Crippen LogP contribution < -0.4 is 5.32 Å². The number of hydrogen-bond acceptors (Lipinski definition) is 3. The van der Waals surface area contributed by atoms with Gasteiger partial charge in [0, 0.05) is 43.6 Å². The Kier molecular flexibility index (Phi) is 3.34. The molecule has 1 aliphatic heterocycles. The summed E-state index contributed by atoms with van der Waals surface area (Å²) in [5.41, 5.74) is 0. The minimum atomic E-state index is 0.313. The second-order valence-electron chi connectivity index (χ2n) is 4.17. The quantitative estimate of drug-likeness (QED) is 0.750. The number of nitrogens with zero attached hydrogens (tertiary/aromatic N) is 1. The highest BCUT2D eigenvalue weighted by atomic mass is 32.2. The molecule has 2 fully saturated rings. The van der Waals surface area contributed by atoms with Gasteiger partial charge in [-0.1, -0.05) is 0 Å². The van der Waals surface area contributed by atoms with Crippen molar-refractivity contribution in [3.8, 4) is 0 Å². The first-order chi connectivity index (χ1) is 6.77. The van der Waals surface area contributed by atoms with Gasteiger partial charge in [0.15, 0.2) is 0 Å². The Morgan fingerprint density at radius 1 is 1.57 bits per heavy atom. The molecule has 1 N–H and O–H groups in total. The van der Waals surface area contributed by atoms with Gasteiger partial charge >= 0.3 is 0 Å². The van der Waals surface area contributed by atoms with Crippen LogP contribution in [0.15, 0.2) is 0 Å². The molecule has 14 heavy (non-hydrogen) atoms. The van der Waals surface area contributed by atoms with E-state index in [0.29, 0.717) is 24.4 Å². The molecule has 0 aromatic carbocycles. The molecule has 0 radical (unpaired) electrons. The lowest BCUT2D eigenvalue weighted by Crippen LogP contribution is -2.42. The van der Waals surface area contributed by atoms with Crippen LogP contribution in [0.5, 0.6) is 0 Å². The number of thioether (sulfide) groups is 1. The molecule has 1 heterocycles. The zero-order valence-corrected chi connectivity index (χ0v) is 9.48. The Morgan fingerprint density at radius 3 is 2.93 bits per heavy atom. The summed E-state index contributed by atoms with van der Waals surface area (Å²) in [7, 11) is 1.94. The molecule has 1 atom stereocenters. The van der Waals surface area contributed by atoms with Crippen LogP contribution >= 0.6 is 11.8 Å². The molecular formula is C10H18N2OS. The first-order valence-electron chi connectivity index (χ1n) is 5.34. The fraction of sp³-hybridized carbons (Fsp3) is 0.900. The van der Waals surface area contributed by atoms with Gasteiger partial charge in [-0.3, -0.25) is 4.79 Å². The number of carbonyl (C=O) groups is 1. The average Bonchev–Trinajstić information content (AvgIpc) is 3.01. The smallest absolute Gasteiger partial charge is 0.224 e. The Bertz CT molecular complexity index is 212. The van der Waals surface area contributed by atoms with Crippen molar-refractivity contribution < 1.29 is 4.79 Å². The number of carbonyl (C=O) groups excluding carboxylic acids is 1. The third-order valence-corrected chi connectivity index (χ3v) is 4.04. The number of rotatable bonds is 3. The molecule has 1 saturated heterocycles. The fourth-order valence-electron chi connectivity index (χ4n) is 1.77. The van der Waals surface area contributed by atoms with E-state index < -0.39 is 0 Å². The van der Waals surface area contributed by atoms with E-state index in [-0.39, 0.29) is 0 Å². The van der Waals surface area contributed by atoms with Gasteiger partial charge in [-0.05, 0) is 12.8 Å². The highest BCUT2D eigenvalue weighted by molar-refractivity contribution is 7.99. The summed E-state index contributed by atoms with van der Waals surface area (Å²) in [6, 6.07) is 0.959. The Hall–Kier alpha value is -0.220.